The highest BCUT2D eigenvalue weighted by atomic mass is 32.2. The van der Waals surface area contributed by atoms with Gasteiger partial charge in [0.25, 0.3) is 0 Å². The summed E-state index contributed by atoms with van der Waals surface area (Å²) in [5, 5.41) is 0. The molecule has 4 heteroatoms. The van der Waals surface area contributed by atoms with E-state index < -0.39 is 10.8 Å². The molecule has 0 aromatic heterocycles. The molecule has 3 nitrogen and oxygen atoms in total. The van der Waals surface area contributed by atoms with E-state index in [2.05, 4.69) is 0 Å². The maximum absolute atomic E-state index is 12.0. The molecule has 3 atom stereocenters. The molecule has 1 heterocycles. The van der Waals surface area contributed by atoms with E-state index in [9.17, 15) is 4.21 Å². The van der Waals surface area contributed by atoms with Crippen LogP contribution in [0.5, 0.6) is 0 Å². The zero-order valence-corrected chi connectivity index (χ0v) is 12.3. The SMILES string of the molecule is CC(N)CCS(=O)CC1CCC2(CCCCC2)O1. The van der Waals surface area contributed by atoms with Crippen LogP contribution in [0, 0.1) is 0 Å². The second-order valence-electron chi connectivity index (χ2n) is 6.10. The van der Waals surface area contributed by atoms with Crippen LogP contribution < -0.4 is 5.73 Å². The summed E-state index contributed by atoms with van der Waals surface area (Å²) in [6, 6.07) is 0.156. The monoisotopic (exact) mass is 273 g/mol. The van der Waals surface area contributed by atoms with Crippen molar-refractivity contribution < 1.29 is 8.95 Å². The molecule has 0 amide bonds. The highest BCUT2D eigenvalue weighted by Gasteiger charge is 2.40. The molecule has 1 aliphatic carbocycles. The summed E-state index contributed by atoms with van der Waals surface area (Å²) in [6.07, 6.45) is 9.77. The Hall–Kier alpha value is 0.0700. The molecule has 0 aromatic rings. The van der Waals surface area contributed by atoms with Crippen molar-refractivity contribution in [3.05, 3.63) is 0 Å². The van der Waals surface area contributed by atoms with Gasteiger partial charge in [-0.1, -0.05) is 19.3 Å². The van der Waals surface area contributed by atoms with Gasteiger partial charge < -0.3 is 10.5 Å². The Morgan fingerprint density at radius 2 is 2.06 bits per heavy atom. The third-order valence-electron chi connectivity index (χ3n) is 4.28. The van der Waals surface area contributed by atoms with E-state index in [1.165, 1.54) is 38.5 Å². The number of rotatable bonds is 5. The Morgan fingerprint density at radius 1 is 1.33 bits per heavy atom. The van der Waals surface area contributed by atoms with E-state index in [4.69, 9.17) is 10.5 Å². The fourth-order valence-corrected chi connectivity index (χ4v) is 4.64. The molecular formula is C14H27NO2S. The predicted octanol–water partition coefficient (Wildman–Crippen LogP) is 2.35. The summed E-state index contributed by atoms with van der Waals surface area (Å²) in [5.74, 6) is 1.44. The fraction of sp³-hybridized carbons (Fsp3) is 1.00. The van der Waals surface area contributed by atoms with Gasteiger partial charge in [0.05, 0.1) is 11.7 Å². The van der Waals surface area contributed by atoms with Gasteiger partial charge in [0.1, 0.15) is 0 Å². The quantitative estimate of drug-likeness (QED) is 0.836. The summed E-state index contributed by atoms with van der Waals surface area (Å²) in [7, 11) is -0.757. The van der Waals surface area contributed by atoms with Crippen LogP contribution in [-0.2, 0) is 15.5 Å². The van der Waals surface area contributed by atoms with Gasteiger partial charge in [-0.3, -0.25) is 4.21 Å². The van der Waals surface area contributed by atoms with Crippen LogP contribution in [0.1, 0.15) is 58.3 Å². The molecule has 2 rings (SSSR count). The van der Waals surface area contributed by atoms with Crippen molar-refractivity contribution in [2.75, 3.05) is 11.5 Å². The van der Waals surface area contributed by atoms with Crippen molar-refractivity contribution in [3.8, 4) is 0 Å². The molecule has 2 aliphatic rings. The molecule has 0 radical (unpaired) electrons. The zero-order chi connectivity index (χ0) is 13.0. The van der Waals surface area contributed by atoms with Gasteiger partial charge in [-0.2, -0.15) is 0 Å². The van der Waals surface area contributed by atoms with Crippen molar-refractivity contribution in [2.45, 2.75) is 76.0 Å². The number of hydrogen-bond acceptors (Lipinski definition) is 3. The van der Waals surface area contributed by atoms with Gasteiger partial charge in [0, 0.05) is 28.3 Å². The van der Waals surface area contributed by atoms with Crippen molar-refractivity contribution in [1.82, 2.24) is 0 Å². The van der Waals surface area contributed by atoms with Gasteiger partial charge >= 0.3 is 0 Å². The summed E-state index contributed by atoms with van der Waals surface area (Å²) >= 11 is 0. The molecule has 18 heavy (non-hydrogen) atoms. The summed E-state index contributed by atoms with van der Waals surface area (Å²) < 4.78 is 18.2. The second kappa shape index (κ2) is 6.49. The molecule has 1 spiro atoms. The Morgan fingerprint density at radius 3 is 2.72 bits per heavy atom. The first-order valence-electron chi connectivity index (χ1n) is 7.38. The van der Waals surface area contributed by atoms with Crippen LogP contribution >= 0.6 is 0 Å². The highest BCUT2D eigenvalue weighted by Crippen LogP contribution is 2.41. The Balaban J connectivity index is 1.73. The summed E-state index contributed by atoms with van der Waals surface area (Å²) in [5.41, 5.74) is 5.86. The lowest BCUT2D eigenvalue weighted by atomic mass is 9.83. The Labute approximate surface area is 113 Å². The largest absolute Gasteiger partial charge is 0.371 e. The van der Waals surface area contributed by atoms with Crippen LogP contribution in [-0.4, -0.2) is 33.5 Å². The van der Waals surface area contributed by atoms with Gasteiger partial charge in [-0.15, -0.1) is 0 Å². The smallest absolute Gasteiger partial charge is 0.0698 e. The van der Waals surface area contributed by atoms with Crippen molar-refractivity contribution in [1.29, 1.82) is 0 Å². The summed E-state index contributed by atoms with van der Waals surface area (Å²) in [6.45, 7) is 1.97. The van der Waals surface area contributed by atoms with Crippen LogP contribution in [0.25, 0.3) is 0 Å². The van der Waals surface area contributed by atoms with Crippen molar-refractivity contribution in [2.24, 2.45) is 5.73 Å². The lowest BCUT2D eigenvalue weighted by molar-refractivity contribution is -0.0557. The van der Waals surface area contributed by atoms with Crippen molar-refractivity contribution >= 4 is 10.8 Å². The minimum atomic E-state index is -0.757. The molecule has 1 saturated heterocycles. The highest BCUT2D eigenvalue weighted by molar-refractivity contribution is 7.85. The van der Waals surface area contributed by atoms with Gasteiger partial charge in [0.15, 0.2) is 0 Å². The molecule has 1 saturated carbocycles. The number of hydrogen-bond donors (Lipinski definition) is 1. The predicted molar refractivity (Wildman–Crippen MR) is 76.1 cm³/mol. The zero-order valence-electron chi connectivity index (χ0n) is 11.5. The van der Waals surface area contributed by atoms with E-state index in [1.54, 1.807) is 0 Å². The standard InChI is InChI=1S/C14H27NO2S/c1-12(15)6-10-18(16)11-13-5-9-14(17-13)7-3-2-4-8-14/h12-13H,2-11,15H2,1H3. The van der Waals surface area contributed by atoms with Crippen LogP contribution in [0.15, 0.2) is 0 Å². The average Bonchev–Trinajstić information content (AvgIpc) is 2.70. The molecule has 0 aromatic carbocycles. The first kappa shape index (κ1) is 14.5. The van der Waals surface area contributed by atoms with E-state index >= 15 is 0 Å². The van der Waals surface area contributed by atoms with Gasteiger partial charge in [-0.05, 0) is 39.0 Å². The molecule has 1 aliphatic heterocycles. The molecule has 0 bridgehead atoms. The lowest BCUT2D eigenvalue weighted by Crippen LogP contribution is -2.33. The maximum atomic E-state index is 12.0. The maximum Gasteiger partial charge on any atom is 0.0698 e. The normalized spacial score (nSPS) is 30.4. The van der Waals surface area contributed by atoms with Crippen LogP contribution in [0.3, 0.4) is 0 Å². The average molecular weight is 273 g/mol. The number of nitrogens with two attached hydrogens (primary N) is 1. The Bertz CT molecular complexity index is 288. The first-order chi connectivity index (χ1) is 8.60. The topological polar surface area (TPSA) is 52.3 Å². The van der Waals surface area contributed by atoms with E-state index in [0.717, 1.165) is 18.6 Å². The molecule has 106 valence electrons. The fourth-order valence-electron chi connectivity index (χ4n) is 3.18. The van der Waals surface area contributed by atoms with Crippen LogP contribution in [0.4, 0.5) is 0 Å². The minimum absolute atomic E-state index is 0.156. The lowest BCUT2D eigenvalue weighted by Gasteiger charge is -2.33. The third kappa shape index (κ3) is 4.04. The molecule has 3 unspecified atom stereocenters. The minimum Gasteiger partial charge on any atom is -0.371 e. The molecule has 2 fully saturated rings. The second-order valence-corrected chi connectivity index (χ2v) is 7.72. The summed E-state index contributed by atoms with van der Waals surface area (Å²) in [4.78, 5) is 0. The van der Waals surface area contributed by atoms with E-state index in [0.29, 0.717) is 5.75 Å². The van der Waals surface area contributed by atoms with E-state index in [1.807, 2.05) is 6.92 Å². The van der Waals surface area contributed by atoms with Crippen molar-refractivity contribution in [3.63, 3.8) is 0 Å². The van der Waals surface area contributed by atoms with Gasteiger partial charge in [0.2, 0.25) is 0 Å². The van der Waals surface area contributed by atoms with E-state index in [-0.39, 0.29) is 17.7 Å². The van der Waals surface area contributed by atoms with Gasteiger partial charge in [-0.25, -0.2) is 0 Å². The molecule has 2 N–H and O–H groups in total. The third-order valence-corrected chi connectivity index (χ3v) is 5.71. The first-order valence-corrected chi connectivity index (χ1v) is 8.87. The number of ether oxygens (including phenoxy) is 1. The van der Waals surface area contributed by atoms with Crippen LogP contribution in [0.2, 0.25) is 0 Å². The molecular weight excluding hydrogens is 246 g/mol. The Kier molecular flexibility index (Phi) is 5.22.